The summed E-state index contributed by atoms with van der Waals surface area (Å²) >= 11 is 0. The second-order valence-corrected chi connectivity index (χ2v) is 8.17. The van der Waals surface area contributed by atoms with E-state index in [0.717, 1.165) is 21.8 Å². The number of carbonyl (C=O) groups is 2. The van der Waals surface area contributed by atoms with Crippen molar-refractivity contribution in [1.82, 2.24) is 4.90 Å². The third-order valence-electron chi connectivity index (χ3n) is 5.79. The van der Waals surface area contributed by atoms with E-state index in [9.17, 15) is 14.7 Å². The predicted molar refractivity (Wildman–Crippen MR) is 124 cm³/mol. The van der Waals surface area contributed by atoms with Gasteiger partial charge in [0.25, 0.3) is 0 Å². The number of aliphatic hydroxyl groups excluding tert-OH is 1. The lowest BCUT2D eigenvalue weighted by Crippen LogP contribution is -2.45. The molecule has 2 amide bonds. The van der Waals surface area contributed by atoms with Crippen LogP contribution in [0, 0.1) is 5.92 Å². The number of amides is 2. The van der Waals surface area contributed by atoms with Gasteiger partial charge in [0.15, 0.2) is 0 Å². The lowest BCUT2D eigenvalue weighted by atomic mass is 9.95. The van der Waals surface area contributed by atoms with E-state index in [0.29, 0.717) is 18.6 Å². The van der Waals surface area contributed by atoms with E-state index in [1.54, 1.807) is 27.0 Å². The first-order valence-corrected chi connectivity index (χ1v) is 11.0. The lowest BCUT2D eigenvalue weighted by molar-refractivity contribution is -0.135. The zero-order chi connectivity index (χ0) is 23.8. The Kier molecular flexibility index (Phi) is 8.63. The van der Waals surface area contributed by atoms with Gasteiger partial charge < -0.3 is 19.3 Å². The van der Waals surface area contributed by atoms with E-state index in [1.807, 2.05) is 54.6 Å². The smallest absolute Gasteiger partial charge is 0.416 e. The molecule has 176 valence electrons. The zero-order valence-electron chi connectivity index (χ0n) is 19.3. The quantitative estimate of drug-likeness (QED) is 0.436. The SMILES string of the molecule is COc1ccc(COC/C=C(\C)[C@H](O)[C@@H](C)C(=O)N2C(=O)OC[C@H]2Cc2ccccc2)cc1. The molecule has 0 bridgehead atoms. The van der Waals surface area contributed by atoms with Crippen LogP contribution in [0.5, 0.6) is 5.75 Å². The molecule has 0 aromatic heterocycles. The van der Waals surface area contributed by atoms with Crippen LogP contribution in [-0.4, -0.2) is 54.5 Å². The second-order valence-electron chi connectivity index (χ2n) is 8.17. The summed E-state index contributed by atoms with van der Waals surface area (Å²) in [6, 6.07) is 16.8. The molecule has 1 N–H and O–H groups in total. The van der Waals surface area contributed by atoms with Crippen LogP contribution >= 0.6 is 0 Å². The number of benzene rings is 2. The van der Waals surface area contributed by atoms with Crippen molar-refractivity contribution in [2.45, 2.75) is 39.0 Å². The van der Waals surface area contributed by atoms with Crippen LogP contribution in [0.2, 0.25) is 0 Å². The summed E-state index contributed by atoms with van der Waals surface area (Å²) in [5, 5.41) is 10.7. The summed E-state index contributed by atoms with van der Waals surface area (Å²) in [4.78, 5) is 26.5. The Morgan fingerprint density at radius 1 is 1.18 bits per heavy atom. The summed E-state index contributed by atoms with van der Waals surface area (Å²) < 4.78 is 15.9. The van der Waals surface area contributed by atoms with E-state index < -0.39 is 24.0 Å². The van der Waals surface area contributed by atoms with Crippen molar-refractivity contribution in [2.75, 3.05) is 20.3 Å². The number of methoxy groups -OCH3 is 1. The molecule has 7 nitrogen and oxygen atoms in total. The van der Waals surface area contributed by atoms with Crippen molar-refractivity contribution >= 4 is 12.0 Å². The molecule has 1 aliphatic heterocycles. The number of imide groups is 1. The van der Waals surface area contributed by atoms with Crippen LogP contribution in [-0.2, 0) is 27.3 Å². The molecule has 2 aromatic rings. The van der Waals surface area contributed by atoms with Gasteiger partial charge in [-0.05, 0) is 42.2 Å². The molecule has 1 saturated heterocycles. The Balaban J connectivity index is 1.54. The van der Waals surface area contributed by atoms with Gasteiger partial charge >= 0.3 is 6.09 Å². The fraction of sp³-hybridized carbons (Fsp3) is 0.385. The highest BCUT2D eigenvalue weighted by Gasteiger charge is 2.41. The Morgan fingerprint density at radius 2 is 1.88 bits per heavy atom. The first kappa shape index (κ1) is 24.5. The molecular weight excluding hydrogens is 422 g/mol. The van der Waals surface area contributed by atoms with Gasteiger partial charge in [-0.25, -0.2) is 9.69 Å². The molecule has 33 heavy (non-hydrogen) atoms. The zero-order valence-corrected chi connectivity index (χ0v) is 19.3. The minimum atomic E-state index is -1.03. The highest BCUT2D eigenvalue weighted by molar-refractivity contribution is 5.95. The minimum absolute atomic E-state index is 0.149. The summed E-state index contributed by atoms with van der Waals surface area (Å²) in [6.07, 6.45) is 0.564. The van der Waals surface area contributed by atoms with Gasteiger partial charge in [-0.2, -0.15) is 0 Å². The normalized spacial score (nSPS) is 18.1. The summed E-state index contributed by atoms with van der Waals surface area (Å²) in [5.74, 6) is -0.464. The molecule has 3 rings (SSSR count). The van der Waals surface area contributed by atoms with Crippen LogP contribution in [0.4, 0.5) is 4.79 Å². The molecule has 1 fully saturated rings. The van der Waals surface area contributed by atoms with Crippen LogP contribution in [0.25, 0.3) is 0 Å². The third-order valence-corrected chi connectivity index (χ3v) is 5.79. The first-order valence-electron chi connectivity index (χ1n) is 11.0. The molecule has 0 unspecified atom stereocenters. The lowest BCUT2D eigenvalue weighted by Gasteiger charge is -2.26. The third kappa shape index (κ3) is 6.43. The number of carbonyl (C=O) groups excluding carboxylic acids is 2. The number of ether oxygens (including phenoxy) is 3. The molecule has 2 aromatic carbocycles. The number of hydrogen-bond donors (Lipinski definition) is 1. The van der Waals surface area contributed by atoms with Gasteiger partial charge in [0.1, 0.15) is 12.4 Å². The molecule has 1 heterocycles. The van der Waals surface area contributed by atoms with Gasteiger partial charge in [-0.15, -0.1) is 0 Å². The van der Waals surface area contributed by atoms with Crippen molar-refractivity contribution in [3.63, 3.8) is 0 Å². The number of aliphatic hydroxyl groups is 1. The fourth-order valence-corrected chi connectivity index (χ4v) is 3.73. The Labute approximate surface area is 194 Å². The Morgan fingerprint density at radius 3 is 2.55 bits per heavy atom. The van der Waals surface area contributed by atoms with E-state index in [-0.39, 0.29) is 19.3 Å². The minimum Gasteiger partial charge on any atom is -0.497 e. The molecule has 7 heteroatoms. The number of hydrogen-bond acceptors (Lipinski definition) is 6. The second kappa shape index (κ2) is 11.6. The standard InChI is InChI=1S/C26H31NO6/c1-18(13-14-32-16-21-9-11-23(31-3)12-10-21)24(28)19(2)25(29)27-22(17-33-26(27)30)15-20-7-5-4-6-8-20/h4-13,19,22,24,28H,14-17H2,1-3H3/b18-13+/t19-,22-,24+/m1/s1. The molecule has 0 spiro atoms. The van der Waals surface area contributed by atoms with Gasteiger partial charge in [0.2, 0.25) is 5.91 Å². The van der Waals surface area contributed by atoms with Gasteiger partial charge in [-0.1, -0.05) is 55.5 Å². The number of cyclic esters (lactones) is 1. The van der Waals surface area contributed by atoms with Gasteiger partial charge in [0, 0.05) is 0 Å². The summed E-state index contributed by atoms with van der Waals surface area (Å²) in [5.41, 5.74) is 2.62. The summed E-state index contributed by atoms with van der Waals surface area (Å²) in [7, 11) is 1.62. The average molecular weight is 454 g/mol. The number of rotatable bonds is 10. The maximum absolute atomic E-state index is 13.1. The van der Waals surface area contributed by atoms with Crippen molar-refractivity contribution < 1.29 is 28.9 Å². The molecule has 1 aliphatic rings. The Hall–Kier alpha value is -3.16. The number of nitrogens with zero attached hydrogens (tertiary/aromatic N) is 1. The Bertz CT molecular complexity index is 957. The molecule has 0 aliphatic carbocycles. The predicted octanol–water partition coefficient (Wildman–Crippen LogP) is 3.75. The average Bonchev–Trinajstić information content (AvgIpc) is 3.20. The topological polar surface area (TPSA) is 85.3 Å². The molecule has 3 atom stereocenters. The van der Waals surface area contributed by atoms with Crippen LogP contribution in [0.15, 0.2) is 66.2 Å². The summed E-state index contributed by atoms with van der Waals surface area (Å²) in [6.45, 7) is 4.22. The van der Waals surface area contributed by atoms with Crippen molar-refractivity contribution in [2.24, 2.45) is 5.92 Å². The van der Waals surface area contributed by atoms with E-state index in [4.69, 9.17) is 14.2 Å². The monoisotopic (exact) mass is 453 g/mol. The van der Waals surface area contributed by atoms with Crippen molar-refractivity contribution in [3.8, 4) is 5.75 Å². The highest BCUT2D eigenvalue weighted by atomic mass is 16.6. The van der Waals surface area contributed by atoms with Crippen molar-refractivity contribution in [3.05, 3.63) is 77.4 Å². The molecule has 0 saturated carbocycles. The van der Waals surface area contributed by atoms with Crippen LogP contribution < -0.4 is 4.74 Å². The van der Waals surface area contributed by atoms with Gasteiger partial charge in [-0.3, -0.25) is 4.79 Å². The maximum Gasteiger partial charge on any atom is 0.416 e. The first-order chi connectivity index (χ1) is 15.9. The largest absolute Gasteiger partial charge is 0.497 e. The van der Waals surface area contributed by atoms with Gasteiger partial charge in [0.05, 0.1) is 38.4 Å². The van der Waals surface area contributed by atoms with E-state index >= 15 is 0 Å². The fourth-order valence-electron chi connectivity index (χ4n) is 3.73. The maximum atomic E-state index is 13.1. The van der Waals surface area contributed by atoms with E-state index in [2.05, 4.69) is 0 Å². The van der Waals surface area contributed by atoms with Crippen molar-refractivity contribution in [1.29, 1.82) is 0 Å². The highest BCUT2D eigenvalue weighted by Crippen LogP contribution is 2.23. The van der Waals surface area contributed by atoms with Crippen LogP contribution in [0.3, 0.4) is 0 Å². The van der Waals surface area contributed by atoms with Crippen LogP contribution in [0.1, 0.15) is 25.0 Å². The molecular formula is C26H31NO6. The molecule has 0 radical (unpaired) electrons. The van der Waals surface area contributed by atoms with E-state index in [1.165, 1.54) is 0 Å².